The van der Waals surface area contributed by atoms with Crippen LogP contribution in [-0.4, -0.2) is 0 Å². The van der Waals surface area contributed by atoms with Crippen LogP contribution in [0.15, 0.2) is 354 Å². The van der Waals surface area contributed by atoms with E-state index in [-0.39, 0.29) is 64.2 Å². The Morgan fingerprint density at radius 1 is 0.187 bits per heavy atom. The Morgan fingerprint density at radius 2 is 0.413 bits per heavy atom. The van der Waals surface area contributed by atoms with Gasteiger partial charge in [0.05, 0.1) is 5.41 Å². The fourth-order valence-corrected chi connectivity index (χ4v) is 23.2. The quantitative estimate of drug-likeness (QED) is 0.0285. The summed E-state index contributed by atoms with van der Waals surface area (Å²) in [7, 11) is 0. The van der Waals surface area contributed by atoms with E-state index in [9.17, 15) is 0 Å². The minimum absolute atomic E-state index is 0. The Kier molecular flexibility index (Phi) is 40.4. The fraction of sp³-hybridized carbons (Fsp3) is 0.386. The zero-order valence-corrected chi connectivity index (χ0v) is 90.3. The van der Waals surface area contributed by atoms with E-state index in [1.165, 1.54) is 298 Å². The molecule has 10 nitrogen and oxygen atoms in total. The molecule has 782 valence electrons. The number of aryl methyl sites for hydroxylation is 8. The number of hydrogen-bond acceptors (Lipinski definition) is 0. The zero-order chi connectivity index (χ0) is 101. The molecule has 0 saturated carbocycles. The van der Waals surface area contributed by atoms with Gasteiger partial charge >= 0.3 is 0 Å². The first-order valence-electron chi connectivity index (χ1n) is 55.3. The summed E-state index contributed by atoms with van der Waals surface area (Å²) >= 11 is 0. The minimum Gasteiger partial charge on any atom is -0.205 e. The Balaban J connectivity index is 0.000000167. The van der Waals surface area contributed by atoms with E-state index in [1.54, 1.807) is 0 Å². The van der Waals surface area contributed by atoms with Crippen LogP contribution in [0.25, 0.3) is 78.4 Å². The molecule has 5 aliphatic carbocycles. The summed E-state index contributed by atoms with van der Waals surface area (Å²) in [5.74, 6) is 0. The summed E-state index contributed by atoms with van der Waals surface area (Å²) in [4.78, 5) is 0. The molecular weight excluding hydrogens is 1820 g/mol. The largest absolute Gasteiger partial charge is 0.210 e. The van der Waals surface area contributed by atoms with Crippen molar-refractivity contribution in [2.75, 3.05) is 0 Å². The Morgan fingerprint density at radius 3 is 0.700 bits per heavy atom. The van der Waals surface area contributed by atoms with Gasteiger partial charge in [-0.1, -0.05) is 338 Å². The molecule has 0 unspecified atom stereocenters. The van der Waals surface area contributed by atoms with Gasteiger partial charge in [-0.3, -0.25) is 0 Å². The van der Waals surface area contributed by atoms with E-state index in [0.29, 0.717) is 0 Å². The van der Waals surface area contributed by atoms with Crippen molar-refractivity contribution in [3.05, 3.63) is 432 Å². The van der Waals surface area contributed by atoms with Crippen LogP contribution in [0.2, 0.25) is 0 Å². The predicted octanol–water partition coefficient (Wildman–Crippen LogP) is 31.4. The maximum absolute atomic E-state index is 2.46. The van der Waals surface area contributed by atoms with E-state index in [1.807, 2.05) is 0 Å². The second-order valence-electron chi connectivity index (χ2n) is 43.7. The molecule has 21 rings (SSSR count). The smallest absolute Gasteiger partial charge is 0.205 e. The molecule has 6 aromatic carbocycles. The van der Waals surface area contributed by atoms with Crippen molar-refractivity contribution >= 4 is 0 Å². The SMILES string of the molecule is C.C.C.C.C.CCCCCCC[n+]1ccc2c(c1)C(C)(C)c1c[n+](-c3ccc(C)cc3)ccc1-2.CCCCCCC[n+]1ccc2c(c1)C(C)(C)c1c[n+](-c3ccccc3)ccc1-2.CCCCCCC[n+]1ccc2c(c1)C(c1ccccc1)(c1ccccc1)c1c[n+](CCCCCCC)ccc1-2.CCCC[n+]1ccc2c(c1)C(C)(C)c1c[n+](-c3cccc(C)c3)ccc1-2.CC[n+]1ccc2c(c1)C(C)(C)c1c[n+](-c3ccccc3)ccc1-2. The fourth-order valence-electron chi connectivity index (χ4n) is 23.2. The van der Waals surface area contributed by atoms with Gasteiger partial charge in [0.2, 0.25) is 22.7 Å². The Labute approximate surface area is 905 Å². The van der Waals surface area contributed by atoms with E-state index in [0.717, 1.165) is 39.3 Å². The third kappa shape index (κ3) is 25.0. The number of para-hydroxylation sites is 2. The number of nitrogens with zero attached hydrogens (tertiary/aromatic N) is 10. The second-order valence-corrected chi connectivity index (χ2v) is 43.7. The lowest BCUT2D eigenvalue weighted by atomic mass is 9.68. The molecular formula is C140H182N10+10. The third-order valence-corrected chi connectivity index (χ3v) is 32.0. The molecule has 10 heterocycles. The molecule has 0 spiro atoms. The van der Waals surface area contributed by atoms with Crippen LogP contribution in [0, 0.1) is 13.8 Å². The van der Waals surface area contributed by atoms with Gasteiger partial charge in [-0.15, -0.1) is 0 Å². The highest BCUT2D eigenvalue weighted by Crippen LogP contribution is 2.57. The van der Waals surface area contributed by atoms with Crippen LogP contribution in [-0.2, 0) is 66.3 Å². The Hall–Kier alpha value is -13.2. The molecule has 0 bridgehead atoms. The average molecular weight is 2010 g/mol. The monoisotopic (exact) mass is 2000 g/mol. The predicted molar refractivity (Wildman–Crippen MR) is 626 cm³/mol. The van der Waals surface area contributed by atoms with E-state index in [2.05, 4.69) is 511 Å². The normalized spacial score (nSPS) is 13.4. The van der Waals surface area contributed by atoms with Crippen LogP contribution in [0.1, 0.15) is 353 Å². The van der Waals surface area contributed by atoms with Crippen molar-refractivity contribution in [2.45, 2.75) is 356 Å². The number of rotatable bonds is 34. The molecule has 0 aliphatic heterocycles. The third-order valence-electron chi connectivity index (χ3n) is 32.0. The number of hydrogen-bond donors (Lipinski definition) is 0. The van der Waals surface area contributed by atoms with Crippen molar-refractivity contribution in [3.63, 3.8) is 0 Å². The Bertz CT molecular complexity index is 6990. The van der Waals surface area contributed by atoms with Gasteiger partial charge < -0.3 is 0 Å². The number of benzene rings is 6. The highest BCUT2D eigenvalue weighted by molar-refractivity contribution is 5.86. The van der Waals surface area contributed by atoms with Crippen LogP contribution in [0.5, 0.6) is 0 Å². The average Bonchev–Trinajstić information content (AvgIpc) is 1.52. The molecule has 150 heavy (non-hydrogen) atoms. The molecule has 0 radical (unpaired) electrons. The summed E-state index contributed by atoms with van der Waals surface area (Å²) in [6.07, 6.45) is 74.7. The molecule has 0 saturated heterocycles. The van der Waals surface area contributed by atoms with Crippen LogP contribution < -0.4 is 45.7 Å². The van der Waals surface area contributed by atoms with E-state index in [4.69, 9.17) is 0 Å². The first-order valence-corrected chi connectivity index (χ1v) is 55.3. The summed E-state index contributed by atoms with van der Waals surface area (Å²) in [6, 6.07) is 84.0. The van der Waals surface area contributed by atoms with Gasteiger partial charge in [-0.05, 0) is 119 Å². The highest BCUT2D eigenvalue weighted by atomic mass is 15.0. The second kappa shape index (κ2) is 52.5. The molecule has 10 aromatic heterocycles. The number of unbranched alkanes of at least 4 members (excludes halogenated alkanes) is 17. The lowest BCUT2D eigenvalue weighted by Crippen LogP contribution is -2.39. The van der Waals surface area contributed by atoms with Crippen LogP contribution >= 0.6 is 0 Å². The summed E-state index contributed by atoms with van der Waals surface area (Å²) in [5, 5.41) is 0. The van der Waals surface area contributed by atoms with Crippen LogP contribution in [0.3, 0.4) is 0 Å². The molecule has 0 amide bonds. The first-order chi connectivity index (χ1) is 70.5. The van der Waals surface area contributed by atoms with Gasteiger partial charge in [0.1, 0.15) is 39.3 Å². The molecule has 10 heteroatoms. The van der Waals surface area contributed by atoms with Crippen LogP contribution in [0.4, 0.5) is 0 Å². The molecule has 0 N–H and O–H groups in total. The van der Waals surface area contributed by atoms with Crippen molar-refractivity contribution in [3.8, 4) is 78.4 Å². The highest BCUT2D eigenvalue weighted by Gasteiger charge is 2.51. The van der Waals surface area contributed by atoms with Crippen molar-refractivity contribution in [2.24, 2.45) is 0 Å². The van der Waals surface area contributed by atoms with Crippen molar-refractivity contribution < 1.29 is 45.7 Å². The molecule has 0 atom stereocenters. The van der Waals surface area contributed by atoms with Gasteiger partial charge in [0.15, 0.2) is 124 Å². The number of pyridine rings is 10. The van der Waals surface area contributed by atoms with Crippen molar-refractivity contribution in [1.82, 2.24) is 0 Å². The topological polar surface area (TPSA) is 38.8 Å². The van der Waals surface area contributed by atoms with E-state index < -0.39 is 0 Å². The molecule has 0 fully saturated rings. The molecule has 16 aromatic rings. The van der Waals surface area contributed by atoms with Crippen molar-refractivity contribution in [1.29, 1.82) is 0 Å². The minimum atomic E-state index is -0.330. The lowest BCUT2D eigenvalue weighted by Gasteiger charge is -2.31. The summed E-state index contributed by atoms with van der Waals surface area (Å²) < 4.78 is 23.3. The number of fused-ring (bicyclic) bond motifs is 15. The van der Waals surface area contributed by atoms with Gasteiger partial charge in [0, 0.05) is 219 Å². The zero-order valence-electron chi connectivity index (χ0n) is 90.3. The lowest BCUT2D eigenvalue weighted by molar-refractivity contribution is -0.698. The summed E-state index contributed by atoms with van der Waals surface area (Å²) in [6.45, 7) is 43.1. The number of aromatic nitrogens is 10. The maximum Gasteiger partial charge on any atom is 0.210 e. The maximum atomic E-state index is 2.46. The first kappa shape index (κ1) is 116. The standard InChI is InChI=1S/C37H46N2.C27H34N2.C26H32N2.C24H28N2.C21H22N2.5CH4/c1-3-5-7-9-17-25-38-27-23-33-34-24-28-39(26-18-10-8-6-4-2)30-36(34)37(35(33)29-38,31-19-13-11-14-20-31)32-21-15-12-16-22-32;1-5-6-7-8-9-16-28-17-14-23-24-15-18-29(22-12-10-21(2)11-13-22)20-26(24)27(3,4)25(23)19-28;1-4-5-6-7-11-16-27-17-14-22-23-15-18-28(21-12-9-8-10-13-21)20-25(23)26(2,3)24(22)19-27;1-5-6-12-25-13-10-20-21-11-14-26(19-9-7-8-18(2)15-19)17-23(21)24(3,4)22(20)16-25;1-4-22-12-10-17-18-11-13-23(16-8-6-5-7-9-16)15-20(18)21(2,3)19(17)14-22;;;;;/h11-16,19-24,27-30H,3-10,17-18,25-26H2,1-2H3;10-15,17-20H,5-9,16H2,1-4H3;8-10,12-15,17-20H,4-7,11,16H2,1-3H3;7-11,13-17H,5-6,12H2,1-4H3;5-15H,4H2,1-3H3;5*1H4/q5*+2;;;;;. The summed E-state index contributed by atoms with van der Waals surface area (Å²) in [5.41, 5.74) is 37.8. The van der Waals surface area contributed by atoms with Gasteiger partial charge in [-0.25, -0.2) is 27.4 Å². The van der Waals surface area contributed by atoms with Gasteiger partial charge in [0.25, 0.3) is 0 Å². The van der Waals surface area contributed by atoms with E-state index >= 15 is 0 Å². The molecule has 5 aliphatic rings. The van der Waals surface area contributed by atoms with Gasteiger partial charge in [-0.2, -0.15) is 18.3 Å².